The van der Waals surface area contributed by atoms with Crippen LogP contribution in [0.4, 0.5) is 0 Å². The van der Waals surface area contributed by atoms with E-state index in [1.165, 1.54) is 44.9 Å². The Bertz CT molecular complexity index is 327. The van der Waals surface area contributed by atoms with E-state index in [-0.39, 0.29) is 0 Å². The van der Waals surface area contributed by atoms with Gasteiger partial charge in [-0.1, -0.05) is 45.3 Å². The Morgan fingerprint density at radius 3 is 2.82 bits per heavy atom. The molecule has 5 atom stereocenters. The minimum atomic E-state index is 0.584. The van der Waals surface area contributed by atoms with E-state index in [0.717, 1.165) is 23.7 Å². The van der Waals surface area contributed by atoms with Crippen molar-refractivity contribution in [1.82, 2.24) is 0 Å². The van der Waals surface area contributed by atoms with Gasteiger partial charge in [-0.05, 0) is 61.2 Å². The highest BCUT2D eigenvalue weighted by atomic mass is 14.5. The Morgan fingerprint density at radius 2 is 2.00 bits per heavy atom. The predicted molar refractivity (Wildman–Crippen MR) is 73.8 cm³/mol. The summed E-state index contributed by atoms with van der Waals surface area (Å²) in [7, 11) is 0. The molecule has 0 aromatic rings. The fraction of sp³-hybridized carbons (Fsp3) is 0.882. The highest BCUT2D eigenvalue weighted by molar-refractivity contribution is 5.24. The number of rotatable bonds is 0. The fourth-order valence-electron chi connectivity index (χ4n) is 5.32. The first-order valence-corrected chi connectivity index (χ1v) is 7.82. The van der Waals surface area contributed by atoms with Gasteiger partial charge < -0.3 is 0 Å². The minimum Gasteiger partial charge on any atom is -0.0842 e. The first-order valence-electron chi connectivity index (χ1n) is 7.82. The molecule has 17 heavy (non-hydrogen) atoms. The third kappa shape index (κ3) is 1.79. The van der Waals surface area contributed by atoms with E-state index in [4.69, 9.17) is 0 Å². The molecule has 2 saturated carbocycles. The average molecular weight is 232 g/mol. The molecule has 0 aromatic heterocycles. The molecule has 0 aliphatic heterocycles. The van der Waals surface area contributed by atoms with Crippen LogP contribution in [0.25, 0.3) is 0 Å². The molecule has 0 radical (unpaired) electrons. The predicted octanol–water partition coefficient (Wildman–Crippen LogP) is 5.20. The third-order valence-corrected chi connectivity index (χ3v) is 6.21. The molecule has 2 fully saturated rings. The van der Waals surface area contributed by atoms with Gasteiger partial charge in [0.25, 0.3) is 0 Å². The third-order valence-electron chi connectivity index (χ3n) is 6.21. The molecular formula is C17H28. The van der Waals surface area contributed by atoms with Gasteiger partial charge in [-0.2, -0.15) is 0 Å². The summed E-state index contributed by atoms with van der Waals surface area (Å²) in [5, 5.41) is 0. The van der Waals surface area contributed by atoms with Crippen molar-refractivity contribution >= 4 is 0 Å². The number of allylic oxidation sites excluding steroid dienone is 2. The summed E-state index contributed by atoms with van der Waals surface area (Å²) in [6.07, 6.45) is 12.9. The standard InChI is InChI=1S/C17H28/c1-12-6-8-16-14(11-12)7-9-15-13(2)5-4-10-17(15,16)3/h8,12-15H,4-7,9-11H2,1-3H3/t12?,13?,14?,15?,17-/m1/s1. The van der Waals surface area contributed by atoms with Gasteiger partial charge >= 0.3 is 0 Å². The molecule has 0 bridgehead atoms. The smallest absolute Gasteiger partial charge is 0.00828 e. The maximum absolute atomic E-state index is 2.66. The number of hydrogen-bond donors (Lipinski definition) is 0. The van der Waals surface area contributed by atoms with E-state index in [1.54, 1.807) is 0 Å². The van der Waals surface area contributed by atoms with Crippen LogP contribution >= 0.6 is 0 Å². The molecule has 0 heteroatoms. The van der Waals surface area contributed by atoms with Crippen LogP contribution < -0.4 is 0 Å². The van der Waals surface area contributed by atoms with Crippen molar-refractivity contribution in [2.75, 3.05) is 0 Å². The Hall–Kier alpha value is -0.260. The molecule has 0 amide bonds. The molecule has 0 saturated heterocycles. The van der Waals surface area contributed by atoms with Crippen LogP contribution in [0.5, 0.6) is 0 Å². The van der Waals surface area contributed by atoms with Crippen LogP contribution in [-0.2, 0) is 0 Å². The summed E-state index contributed by atoms with van der Waals surface area (Å²) >= 11 is 0. The molecule has 96 valence electrons. The van der Waals surface area contributed by atoms with Gasteiger partial charge in [0, 0.05) is 0 Å². The van der Waals surface area contributed by atoms with Gasteiger partial charge in [0.2, 0.25) is 0 Å². The molecule has 0 spiro atoms. The van der Waals surface area contributed by atoms with Crippen LogP contribution in [0.15, 0.2) is 11.6 Å². The van der Waals surface area contributed by atoms with Gasteiger partial charge in [-0.15, -0.1) is 0 Å². The summed E-state index contributed by atoms with van der Waals surface area (Å²) in [5.41, 5.74) is 2.47. The van der Waals surface area contributed by atoms with E-state index in [0.29, 0.717) is 5.41 Å². The van der Waals surface area contributed by atoms with Crippen LogP contribution in [-0.4, -0.2) is 0 Å². The first-order chi connectivity index (χ1) is 8.11. The lowest BCUT2D eigenvalue weighted by Crippen LogP contribution is -2.44. The molecule has 0 N–H and O–H groups in total. The second kappa shape index (κ2) is 4.14. The summed E-state index contributed by atoms with van der Waals surface area (Å²) in [5.74, 6) is 3.84. The van der Waals surface area contributed by atoms with Crippen molar-refractivity contribution < 1.29 is 0 Å². The SMILES string of the molecule is CC1CC=C2C(CCC3C(C)CCC[C@@]23C)C1. The lowest BCUT2D eigenvalue weighted by atomic mass is 9.51. The van der Waals surface area contributed by atoms with Crippen LogP contribution in [0, 0.1) is 29.1 Å². The van der Waals surface area contributed by atoms with E-state index >= 15 is 0 Å². The number of fused-ring (bicyclic) bond motifs is 3. The fourth-order valence-corrected chi connectivity index (χ4v) is 5.32. The van der Waals surface area contributed by atoms with E-state index in [9.17, 15) is 0 Å². The second-order valence-corrected chi connectivity index (χ2v) is 7.40. The summed E-state index contributed by atoms with van der Waals surface area (Å²) in [4.78, 5) is 0. The zero-order valence-corrected chi connectivity index (χ0v) is 11.8. The van der Waals surface area contributed by atoms with Gasteiger partial charge in [0.05, 0.1) is 0 Å². The summed E-state index contributed by atoms with van der Waals surface area (Å²) < 4.78 is 0. The van der Waals surface area contributed by atoms with Crippen LogP contribution in [0.1, 0.15) is 65.7 Å². The number of hydrogen-bond acceptors (Lipinski definition) is 0. The Kier molecular flexibility index (Phi) is 2.88. The Balaban J connectivity index is 1.93. The lowest BCUT2D eigenvalue weighted by molar-refractivity contribution is 0.0442. The maximum atomic E-state index is 2.66. The van der Waals surface area contributed by atoms with E-state index in [2.05, 4.69) is 26.8 Å². The van der Waals surface area contributed by atoms with Gasteiger partial charge in [0.1, 0.15) is 0 Å². The Labute approximate surface area is 107 Å². The highest BCUT2D eigenvalue weighted by Crippen LogP contribution is 2.58. The zero-order valence-electron chi connectivity index (χ0n) is 11.8. The molecule has 0 aromatic carbocycles. The van der Waals surface area contributed by atoms with Crippen molar-refractivity contribution in [2.24, 2.45) is 29.1 Å². The maximum Gasteiger partial charge on any atom is -0.00828 e. The van der Waals surface area contributed by atoms with Crippen molar-refractivity contribution in [2.45, 2.75) is 65.7 Å². The minimum absolute atomic E-state index is 0.584. The van der Waals surface area contributed by atoms with Crippen molar-refractivity contribution in [3.8, 4) is 0 Å². The zero-order chi connectivity index (χ0) is 12.0. The van der Waals surface area contributed by atoms with Crippen molar-refractivity contribution in [1.29, 1.82) is 0 Å². The molecular weight excluding hydrogens is 204 g/mol. The van der Waals surface area contributed by atoms with E-state index < -0.39 is 0 Å². The molecule has 3 rings (SSSR count). The molecule has 3 aliphatic rings. The van der Waals surface area contributed by atoms with Crippen molar-refractivity contribution in [3.05, 3.63) is 11.6 Å². The largest absolute Gasteiger partial charge is 0.0842 e. The summed E-state index contributed by atoms with van der Waals surface area (Å²) in [6, 6.07) is 0. The average Bonchev–Trinajstić information content (AvgIpc) is 2.28. The first kappa shape index (κ1) is 11.8. The van der Waals surface area contributed by atoms with E-state index in [1.807, 2.05) is 5.57 Å². The Morgan fingerprint density at radius 1 is 1.18 bits per heavy atom. The van der Waals surface area contributed by atoms with Crippen molar-refractivity contribution in [3.63, 3.8) is 0 Å². The van der Waals surface area contributed by atoms with Crippen LogP contribution in [0.3, 0.4) is 0 Å². The van der Waals surface area contributed by atoms with Gasteiger partial charge in [0.15, 0.2) is 0 Å². The highest BCUT2D eigenvalue weighted by Gasteiger charge is 2.48. The lowest BCUT2D eigenvalue weighted by Gasteiger charge is -2.54. The molecule has 0 nitrogen and oxygen atoms in total. The molecule has 4 unspecified atom stereocenters. The second-order valence-electron chi connectivity index (χ2n) is 7.40. The molecule has 0 heterocycles. The normalized spacial score (nSPS) is 50.2. The summed E-state index contributed by atoms with van der Waals surface area (Å²) in [6.45, 7) is 7.54. The van der Waals surface area contributed by atoms with Gasteiger partial charge in [-0.3, -0.25) is 0 Å². The van der Waals surface area contributed by atoms with Crippen LogP contribution in [0.2, 0.25) is 0 Å². The molecule has 3 aliphatic carbocycles. The monoisotopic (exact) mass is 232 g/mol. The van der Waals surface area contributed by atoms with Gasteiger partial charge in [-0.25, -0.2) is 0 Å². The quantitative estimate of drug-likeness (QED) is 0.504. The topological polar surface area (TPSA) is 0 Å².